The molecule has 0 saturated carbocycles. The van der Waals surface area contributed by atoms with Gasteiger partial charge in [0.1, 0.15) is 0 Å². The molecule has 1 aromatic heterocycles. The SMILES string of the molecule is Cn1nnnc1CC(=O)NCCNc1cccc2ccccc12. The lowest BCUT2D eigenvalue weighted by Gasteiger charge is -2.10. The van der Waals surface area contributed by atoms with Crippen LogP contribution in [0.1, 0.15) is 5.82 Å². The normalized spacial score (nSPS) is 10.7. The zero-order chi connectivity index (χ0) is 16.1. The highest BCUT2D eigenvalue weighted by molar-refractivity contribution is 5.93. The van der Waals surface area contributed by atoms with Gasteiger partial charge in [-0.3, -0.25) is 4.79 Å². The number of amides is 1. The molecule has 1 heterocycles. The number of aromatic nitrogens is 4. The van der Waals surface area contributed by atoms with E-state index in [1.165, 1.54) is 15.5 Å². The minimum Gasteiger partial charge on any atom is -0.383 e. The summed E-state index contributed by atoms with van der Waals surface area (Å²) in [4.78, 5) is 11.8. The molecule has 7 heteroatoms. The van der Waals surface area contributed by atoms with E-state index >= 15 is 0 Å². The van der Waals surface area contributed by atoms with Crippen LogP contribution < -0.4 is 10.6 Å². The number of rotatable bonds is 6. The van der Waals surface area contributed by atoms with E-state index in [1.54, 1.807) is 7.05 Å². The van der Waals surface area contributed by atoms with Gasteiger partial charge in [-0.15, -0.1) is 5.10 Å². The Morgan fingerprint density at radius 1 is 1.13 bits per heavy atom. The Morgan fingerprint density at radius 3 is 2.78 bits per heavy atom. The van der Waals surface area contributed by atoms with E-state index in [0.717, 1.165) is 5.69 Å². The number of anilines is 1. The maximum absolute atomic E-state index is 11.8. The minimum absolute atomic E-state index is 0.0948. The summed E-state index contributed by atoms with van der Waals surface area (Å²) in [5, 5.41) is 19.6. The summed E-state index contributed by atoms with van der Waals surface area (Å²) in [6.45, 7) is 1.18. The second-order valence-electron chi connectivity index (χ2n) is 5.20. The van der Waals surface area contributed by atoms with Gasteiger partial charge in [0, 0.05) is 31.2 Å². The first-order valence-corrected chi connectivity index (χ1v) is 7.43. The molecule has 0 aliphatic carbocycles. The van der Waals surface area contributed by atoms with Gasteiger partial charge in [0.05, 0.1) is 6.42 Å². The standard InChI is InChI=1S/C16H18N6O/c1-22-15(19-20-21-22)11-16(23)18-10-9-17-14-8-4-6-12-5-2-3-7-13(12)14/h2-8,17H,9-11H2,1H3,(H,18,23). The van der Waals surface area contributed by atoms with Crippen LogP contribution in [0.3, 0.4) is 0 Å². The van der Waals surface area contributed by atoms with Gasteiger partial charge in [-0.25, -0.2) is 4.68 Å². The van der Waals surface area contributed by atoms with Gasteiger partial charge in [-0.05, 0) is 21.9 Å². The van der Waals surface area contributed by atoms with Crippen LogP contribution in [0.2, 0.25) is 0 Å². The Labute approximate surface area is 133 Å². The molecule has 3 rings (SSSR count). The number of carbonyl (C=O) groups is 1. The number of carbonyl (C=O) groups excluding carboxylic acids is 1. The van der Waals surface area contributed by atoms with Gasteiger partial charge in [0.25, 0.3) is 0 Å². The molecule has 0 bridgehead atoms. The number of benzene rings is 2. The largest absolute Gasteiger partial charge is 0.383 e. The number of aryl methyl sites for hydroxylation is 1. The highest BCUT2D eigenvalue weighted by atomic mass is 16.1. The van der Waals surface area contributed by atoms with Gasteiger partial charge in [-0.2, -0.15) is 0 Å². The molecule has 0 saturated heterocycles. The molecule has 0 radical (unpaired) electrons. The van der Waals surface area contributed by atoms with E-state index in [-0.39, 0.29) is 12.3 Å². The second kappa shape index (κ2) is 6.87. The van der Waals surface area contributed by atoms with Crippen LogP contribution in [0.5, 0.6) is 0 Å². The first-order valence-electron chi connectivity index (χ1n) is 7.43. The van der Waals surface area contributed by atoms with Crippen molar-refractivity contribution in [2.45, 2.75) is 6.42 Å². The fourth-order valence-corrected chi connectivity index (χ4v) is 2.38. The Kier molecular flexibility index (Phi) is 4.46. The van der Waals surface area contributed by atoms with Crippen LogP contribution in [-0.2, 0) is 18.3 Å². The van der Waals surface area contributed by atoms with Gasteiger partial charge in [0.15, 0.2) is 5.82 Å². The lowest BCUT2D eigenvalue weighted by Crippen LogP contribution is -2.30. The number of nitrogens with zero attached hydrogens (tertiary/aromatic N) is 4. The van der Waals surface area contributed by atoms with Gasteiger partial charge < -0.3 is 10.6 Å². The molecule has 0 unspecified atom stereocenters. The van der Waals surface area contributed by atoms with Crippen LogP contribution in [0, 0.1) is 0 Å². The monoisotopic (exact) mass is 310 g/mol. The van der Waals surface area contributed by atoms with E-state index < -0.39 is 0 Å². The van der Waals surface area contributed by atoms with Gasteiger partial charge in [-0.1, -0.05) is 36.4 Å². The number of fused-ring (bicyclic) bond motifs is 1. The summed E-state index contributed by atoms with van der Waals surface area (Å²) >= 11 is 0. The highest BCUT2D eigenvalue weighted by Crippen LogP contribution is 2.22. The van der Waals surface area contributed by atoms with Crippen molar-refractivity contribution in [3.8, 4) is 0 Å². The number of hydrogen-bond donors (Lipinski definition) is 2. The van der Waals surface area contributed by atoms with Crippen molar-refractivity contribution in [2.24, 2.45) is 7.05 Å². The molecule has 1 amide bonds. The lowest BCUT2D eigenvalue weighted by atomic mass is 10.1. The predicted molar refractivity (Wildman–Crippen MR) is 87.9 cm³/mol. The second-order valence-corrected chi connectivity index (χ2v) is 5.20. The molecule has 23 heavy (non-hydrogen) atoms. The number of tetrazole rings is 1. The molecule has 7 nitrogen and oxygen atoms in total. The fraction of sp³-hybridized carbons (Fsp3) is 0.250. The summed E-state index contributed by atoms with van der Waals surface area (Å²) in [5.74, 6) is 0.451. The predicted octanol–water partition coefficient (Wildman–Crippen LogP) is 1.13. The van der Waals surface area contributed by atoms with E-state index in [4.69, 9.17) is 0 Å². The molecule has 3 aromatic rings. The van der Waals surface area contributed by atoms with Crippen molar-refractivity contribution in [3.63, 3.8) is 0 Å². The maximum atomic E-state index is 11.8. The first-order chi connectivity index (χ1) is 11.2. The molecule has 0 aliphatic heterocycles. The Bertz CT molecular complexity index is 808. The molecule has 2 aromatic carbocycles. The Hall–Kier alpha value is -2.96. The first kappa shape index (κ1) is 15.0. The minimum atomic E-state index is -0.0948. The van der Waals surface area contributed by atoms with E-state index in [2.05, 4.69) is 44.4 Å². The third-order valence-electron chi connectivity index (χ3n) is 3.58. The fourth-order valence-electron chi connectivity index (χ4n) is 2.38. The molecule has 118 valence electrons. The van der Waals surface area contributed by atoms with Crippen molar-refractivity contribution in [2.75, 3.05) is 18.4 Å². The molecular formula is C16H18N6O. The van der Waals surface area contributed by atoms with Crippen LogP contribution in [-0.4, -0.2) is 39.2 Å². The third-order valence-corrected chi connectivity index (χ3v) is 3.58. The van der Waals surface area contributed by atoms with E-state index in [1.807, 2.05) is 24.3 Å². The average Bonchev–Trinajstić information content (AvgIpc) is 2.96. The van der Waals surface area contributed by atoms with Crippen molar-refractivity contribution in [3.05, 3.63) is 48.3 Å². The maximum Gasteiger partial charge on any atom is 0.227 e. The zero-order valence-corrected chi connectivity index (χ0v) is 12.9. The summed E-state index contributed by atoms with van der Waals surface area (Å²) in [7, 11) is 1.71. The van der Waals surface area contributed by atoms with Gasteiger partial charge in [0.2, 0.25) is 5.91 Å². The van der Waals surface area contributed by atoms with Crippen LogP contribution in [0.25, 0.3) is 10.8 Å². The average molecular weight is 310 g/mol. The summed E-state index contributed by atoms with van der Waals surface area (Å²) in [6, 6.07) is 14.3. The summed E-state index contributed by atoms with van der Waals surface area (Å²) in [6.07, 6.45) is 0.178. The van der Waals surface area contributed by atoms with E-state index in [9.17, 15) is 4.79 Å². The van der Waals surface area contributed by atoms with Crippen molar-refractivity contribution in [1.29, 1.82) is 0 Å². The molecule has 0 fully saturated rings. The Balaban J connectivity index is 1.49. The van der Waals surface area contributed by atoms with Crippen molar-refractivity contribution < 1.29 is 4.79 Å². The summed E-state index contributed by atoms with van der Waals surface area (Å²) < 4.78 is 1.49. The molecule has 0 spiro atoms. The quantitative estimate of drug-likeness (QED) is 0.667. The Morgan fingerprint density at radius 2 is 1.96 bits per heavy atom. The molecule has 0 aliphatic rings. The van der Waals surface area contributed by atoms with Crippen molar-refractivity contribution >= 4 is 22.4 Å². The smallest absolute Gasteiger partial charge is 0.227 e. The molecular weight excluding hydrogens is 292 g/mol. The van der Waals surface area contributed by atoms with Crippen LogP contribution in [0.15, 0.2) is 42.5 Å². The molecule has 2 N–H and O–H groups in total. The summed E-state index contributed by atoms with van der Waals surface area (Å²) in [5.41, 5.74) is 1.06. The zero-order valence-electron chi connectivity index (χ0n) is 12.9. The highest BCUT2D eigenvalue weighted by Gasteiger charge is 2.08. The lowest BCUT2D eigenvalue weighted by molar-refractivity contribution is -0.120. The third kappa shape index (κ3) is 3.63. The number of nitrogens with one attached hydrogen (secondary N) is 2. The van der Waals surface area contributed by atoms with Crippen molar-refractivity contribution in [1.82, 2.24) is 25.5 Å². The van der Waals surface area contributed by atoms with Crippen LogP contribution >= 0.6 is 0 Å². The van der Waals surface area contributed by atoms with Crippen LogP contribution in [0.4, 0.5) is 5.69 Å². The van der Waals surface area contributed by atoms with E-state index in [0.29, 0.717) is 18.9 Å². The number of hydrogen-bond acceptors (Lipinski definition) is 5. The molecule has 0 atom stereocenters. The van der Waals surface area contributed by atoms with Gasteiger partial charge >= 0.3 is 0 Å². The topological polar surface area (TPSA) is 84.7 Å².